The third-order valence-electron chi connectivity index (χ3n) is 4.89. The number of hydrogen-bond acceptors (Lipinski definition) is 3. The largest absolute Gasteiger partial charge is 0.339 e. The molecule has 4 rings (SSSR count). The zero-order valence-corrected chi connectivity index (χ0v) is 17.4. The van der Waals surface area contributed by atoms with Crippen molar-refractivity contribution < 1.29 is 9.36 Å². The van der Waals surface area contributed by atoms with Gasteiger partial charge in [0.25, 0.3) is 0 Å². The molecule has 0 radical (unpaired) electrons. The number of Topliss-reactive ketones (excluding diaryl/α,β-unsaturated/α-hetero) is 1. The Morgan fingerprint density at radius 3 is 2.28 bits per heavy atom. The van der Waals surface area contributed by atoms with E-state index in [1.165, 1.54) is 22.4 Å². The van der Waals surface area contributed by atoms with Gasteiger partial charge in [0.05, 0.1) is 0 Å². The molecule has 0 aliphatic heterocycles. The van der Waals surface area contributed by atoms with Crippen LogP contribution in [0.5, 0.6) is 0 Å². The number of nitrogens with one attached hydrogen (secondary N) is 1. The van der Waals surface area contributed by atoms with Crippen LogP contribution >= 0.6 is 11.3 Å². The van der Waals surface area contributed by atoms with E-state index in [1.807, 2.05) is 30.3 Å². The van der Waals surface area contributed by atoms with Crippen molar-refractivity contribution in [1.29, 1.82) is 0 Å². The fraction of sp³-hybridized carbons (Fsp3) is 0.120. The van der Waals surface area contributed by atoms with Crippen LogP contribution in [0.2, 0.25) is 0 Å². The Bertz CT molecular complexity index is 1110. The monoisotopic (exact) mass is 399 g/mol. The molecule has 0 spiro atoms. The Balaban J connectivity index is 1.70. The van der Waals surface area contributed by atoms with Gasteiger partial charge in [-0.1, -0.05) is 71.5 Å². The third-order valence-corrected chi connectivity index (χ3v) is 5.78. The molecule has 144 valence electrons. The molecule has 3 aromatic carbocycles. The Hall–Kier alpha value is -3.24. The second-order valence-electron chi connectivity index (χ2n) is 7.12. The predicted octanol–water partition coefficient (Wildman–Crippen LogP) is 6.01. The van der Waals surface area contributed by atoms with Crippen molar-refractivity contribution in [3.8, 4) is 11.3 Å². The number of thiazole rings is 1. The summed E-state index contributed by atoms with van der Waals surface area (Å²) < 4.78 is 2.31. The van der Waals surface area contributed by atoms with Gasteiger partial charge in [-0.2, -0.15) is 0 Å². The van der Waals surface area contributed by atoms with Gasteiger partial charge in [-0.05, 0) is 43.7 Å². The van der Waals surface area contributed by atoms with E-state index in [0.717, 1.165) is 22.9 Å². The molecular weight excluding hydrogens is 376 g/mol. The second kappa shape index (κ2) is 8.41. The van der Waals surface area contributed by atoms with Crippen molar-refractivity contribution in [3.63, 3.8) is 0 Å². The topological polar surface area (TPSA) is 33.0 Å². The number of ketones is 1. The number of benzene rings is 3. The molecule has 4 aromatic rings. The number of carbonyl (C=O) groups excluding carboxylic acids is 1. The second-order valence-corrected chi connectivity index (χ2v) is 7.98. The average molecular weight is 400 g/mol. The summed E-state index contributed by atoms with van der Waals surface area (Å²) in [5.74, 6) is 0.0773. The first-order valence-electron chi connectivity index (χ1n) is 9.60. The number of aromatic nitrogens is 1. The molecule has 0 amide bonds. The van der Waals surface area contributed by atoms with Crippen molar-refractivity contribution in [2.75, 3.05) is 5.32 Å². The van der Waals surface area contributed by atoms with Gasteiger partial charge < -0.3 is 0 Å². The highest BCUT2D eigenvalue weighted by Crippen LogP contribution is 2.26. The van der Waals surface area contributed by atoms with Crippen LogP contribution in [0, 0.1) is 6.92 Å². The minimum atomic E-state index is 0.0773. The smallest absolute Gasteiger partial charge is 0.295 e. The number of rotatable bonds is 6. The van der Waals surface area contributed by atoms with Crippen LogP contribution in [0.25, 0.3) is 11.3 Å². The van der Waals surface area contributed by atoms with Crippen molar-refractivity contribution in [2.45, 2.75) is 20.4 Å². The van der Waals surface area contributed by atoms with Crippen molar-refractivity contribution in [1.82, 2.24) is 0 Å². The maximum atomic E-state index is 11.5. The summed E-state index contributed by atoms with van der Waals surface area (Å²) in [6, 6.07) is 26.7. The van der Waals surface area contributed by atoms with Gasteiger partial charge >= 0.3 is 5.13 Å². The molecule has 0 atom stereocenters. The molecule has 0 aliphatic carbocycles. The van der Waals surface area contributed by atoms with Crippen molar-refractivity contribution in [3.05, 3.63) is 101 Å². The highest BCUT2D eigenvalue weighted by molar-refractivity contribution is 7.13. The SMILES string of the molecule is CC(=O)c1ccc(Nc2scc(-c3ccc(C)cc3)[n+]2Cc2ccccc2)cc1. The van der Waals surface area contributed by atoms with Crippen molar-refractivity contribution in [2.24, 2.45) is 0 Å². The van der Waals surface area contributed by atoms with Crippen LogP contribution in [0.15, 0.2) is 84.2 Å². The number of carbonyl (C=O) groups is 1. The molecule has 1 heterocycles. The van der Waals surface area contributed by atoms with Gasteiger partial charge in [0, 0.05) is 16.5 Å². The van der Waals surface area contributed by atoms with Gasteiger partial charge in [0.2, 0.25) is 0 Å². The van der Waals surface area contributed by atoms with Crippen LogP contribution in [0.4, 0.5) is 10.8 Å². The highest BCUT2D eigenvalue weighted by Gasteiger charge is 2.20. The van der Waals surface area contributed by atoms with Crippen LogP contribution in [-0.4, -0.2) is 5.78 Å². The fourth-order valence-electron chi connectivity index (χ4n) is 3.23. The lowest BCUT2D eigenvalue weighted by molar-refractivity contribution is -0.659. The van der Waals surface area contributed by atoms with E-state index >= 15 is 0 Å². The first kappa shape index (κ1) is 19.1. The maximum Gasteiger partial charge on any atom is 0.339 e. The van der Waals surface area contributed by atoms with Gasteiger partial charge in [-0.25, -0.2) is 9.88 Å². The normalized spacial score (nSPS) is 10.7. The Labute approximate surface area is 175 Å². The molecule has 1 aromatic heterocycles. The lowest BCUT2D eigenvalue weighted by Gasteiger charge is -2.07. The molecule has 0 saturated carbocycles. The summed E-state index contributed by atoms with van der Waals surface area (Å²) in [5, 5.41) is 6.78. The highest BCUT2D eigenvalue weighted by atomic mass is 32.1. The van der Waals surface area contributed by atoms with E-state index in [9.17, 15) is 4.79 Å². The minimum Gasteiger partial charge on any atom is -0.295 e. The summed E-state index contributed by atoms with van der Waals surface area (Å²) in [5.41, 5.74) is 6.57. The van der Waals surface area contributed by atoms with E-state index in [4.69, 9.17) is 0 Å². The first-order valence-corrected chi connectivity index (χ1v) is 10.5. The summed E-state index contributed by atoms with van der Waals surface area (Å²) in [6.07, 6.45) is 0. The summed E-state index contributed by atoms with van der Waals surface area (Å²) in [4.78, 5) is 11.5. The average Bonchev–Trinajstić information content (AvgIpc) is 3.12. The van der Waals surface area contributed by atoms with Gasteiger partial charge in [-0.15, -0.1) is 0 Å². The van der Waals surface area contributed by atoms with Gasteiger partial charge in [0.1, 0.15) is 17.9 Å². The zero-order valence-electron chi connectivity index (χ0n) is 16.6. The first-order chi connectivity index (χ1) is 14.1. The number of aryl methyl sites for hydroxylation is 1. The van der Waals surface area contributed by atoms with Crippen LogP contribution < -0.4 is 9.88 Å². The molecule has 0 fully saturated rings. The van der Waals surface area contributed by atoms with Crippen LogP contribution in [-0.2, 0) is 6.54 Å². The fourth-order valence-corrected chi connectivity index (χ4v) is 4.18. The van der Waals surface area contributed by atoms with E-state index in [1.54, 1.807) is 18.3 Å². The molecule has 29 heavy (non-hydrogen) atoms. The summed E-state index contributed by atoms with van der Waals surface area (Å²) >= 11 is 1.68. The standard InChI is InChI=1S/C25H22N2OS/c1-18-8-10-22(11-9-18)24-17-29-25(27(24)16-20-6-4-3-5-7-20)26-23-14-12-21(13-15-23)19(2)28/h3-15,17H,16H2,1-2H3/p+1. The van der Waals surface area contributed by atoms with Gasteiger partial charge in [0.15, 0.2) is 5.78 Å². The lowest BCUT2D eigenvalue weighted by Crippen LogP contribution is -2.37. The molecule has 0 unspecified atom stereocenters. The molecule has 0 saturated heterocycles. The number of anilines is 2. The Kier molecular flexibility index (Phi) is 5.54. The quantitative estimate of drug-likeness (QED) is 0.318. The molecule has 0 aliphatic rings. The van der Waals surface area contributed by atoms with Crippen molar-refractivity contribution >= 4 is 27.9 Å². The van der Waals surface area contributed by atoms with Gasteiger partial charge in [-0.3, -0.25) is 4.79 Å². The maximum absolute atomic E-state index is 11.5. The Morgan fingerprint density at radius 2 is 1.62 bits per heavy atom. The number of nitrogens with zero attached hydrogens (tertiary/aromatic N) is 1. The van der Waals surface area contributed by atoms with E-state index in [2.05, 4.69) is 70.7 Å². The summed E-state index contributed by atoms with van der Waals surface area (Å²) in [6.45, 7) is 4.47. The van der Waals surface area contributed by atoms with E-state index < -0.39 is 0 Å². The zero-order chi connectivity index (χ0) is 20.2. The molecule has 4 heteroatoms. The molecule has 0 bridgehead atoms. The Morgan fingerprint density at radius 1 is 0.931 bits per heavy atom. The number of hydrogen-bond donors (Lipinski definition) is 1. The minimum absolute atomic E-state index is 0.0773. The van der Waals surface area contributed by atoms with Crippen LogP contribution in [0.1, 0.15) is 28.4 Å². The molecule has 3 nitrogen and oxygen atoms in total. The lowest BCUT2D eigenvalue weighted by atomic mass is 10.1. The third kappa shape index (κ3) is 4.44. The molecular formula is C25H23N2OS+. The van der Waals surface area contributed by atoms with Crippen LogP contribution in [0.3, 0.4) is 0 Å². The summed E-state index contributed by atoms with van der Waals surface area (Å²) in [7, 11) is 0. The van der Waals surface area contributed by atoms with E-state index in [0.29, 0.717) is 0 Å². The van der Waals surface area contributed by atoms with E-state index in [-0.39, 0.29) is 5.78 Å². The molecule has 1 N–H and O–H groups in total. The predicted molar refractivity (Wildman–Crippen MR) is 120 cm³/mol.